The van der Waals surface area contributed by atoms with Gasteiger partial charge in [0.05, 0.1) is 25.9 Å². The lowest BCUT2D eigenvalue weighted by molar-refractivity contribution is -0.282. The number of aromatic hydroxyl groups is 1. The van der Waals surface area contributed by atoms with E-state index in [1.807, 2.05) is 75.1 Å². The van der Waals surface area contributed by atoms with Crippen molar-refractivity contribution in [1.82, 2.24) is 0 Å². The first-order valence-electron chi connectivity index (χ1n) is 13.9. The normalized spacial score (nSPS) is 20.2. The summed E-state index contributed by atoms with van der Waals surface area (Å²) in [5, 5.41) is 11.4. The number of ether oxygens (including phenoxy) is 2. The fourth-order valence-corrected chi connectivity index (χ4v) is 6.75. The molecule has 3 rings (SSSR count). The third-order valence-electron chi connectivity index (χ3n) is 6.91. The Labute approximate surface area is 235 Å². The lowest BCUT2D eigenvalue weighted by Crippen LogP contribution is -2.52. The van der Waals surface area contributed by atoms with Crippen molar-refractivity contribution in [2.45, 2.75) is 98.0 Å². The highest BCUT2D eigenvalue weighted by Crippen LogP contribution is 2.52. The van der Waals surface area contributed by atoms with Crippen molar-refractivity contribution in [2.75, 3.05) is 31.0 Å². The van der Waals surface area contributed by atoms with Crippen LogP contribution in [0.15, 0.2) is 42.5 Å². The Kier molecular flexibility index (Phi) is 9.67. The second-order valence-electron chi connectivity index (χ2n) is 12.7. The van der Waals surface area contributed by atoms with Gasteiger partial charge in [0.2, 0.25) is 0 Å². The van der Waals surface area contributed by atoms with E-state index in [1.165, 1.54) is 0 Å². The number of hydrogen-bond donors (Lipinski definition) is 1. The molecule has 2 aromatic rings. The Balaban J connectivity index is 2.28. The Morgan fingerprint density at radius 3 is 1.95 bits per heavy atom. The van der Waals surface area contributed by atoms with Gasteiger partial charge < -0.3 is 28.5 Å². The van der Waals surface area contributed by atoms with Crippen molar-refractivity contribution in [3.8, 4) is 5.75 Å². The number of anilines is 1. The molecule has 1 aliphatic heterocycles. The molecule has 2 aromatic carbocycles. The van der Waals surface area contributed by atoms with Gasteiger partial charge in [0, 0.05) is 16.8 Å². The molecule has 2 unspecified atom stereocenters. The van der Waals surface area contributed by atoms with Gasteiger partial charge in [-0.15, -0.1) is 0 Å². The van der Waals surface area contributed by atoms with Crippen molar-refractivity contribution < 1.29 is 28.2 Å². The van der Waals surface area contributed by atoms with Crippen LogP contribution in [0, 0.1) is 0 Å². The molecule has 0 aromatic heterocycles. The lowest BCUT2D eigenvalue weighted by atomic mass is 9.79. The highest BCUT2D eigenvalue weighted by atomic mass is 31.2. The Bertz CT molecular complexity index is 1110. The van der Waals surface area contributed by atoms with E-state index in [-0.39, 0.29) is 48.2 Å². The van der Waals surface area contributed by atoms with E-state index in [0.717, 1.165) is 22.4 Å². The standard InChI is InChI=1S/C31H48NO6P/c1-11-36-39(34,37-12-2)21-32(23-18-24(29(3,4)5)27(33)25(19-23)30(6,7)8)26-20-35-31(9,10)38-28(26)22-16-14-13-15-17-22/h13-19,26,28,33H,11-12,20-21H2,1-10H3. The van der Waals surface area contributed by atoms with E-state index in [1.54, 1.807) is 0 Å². The van der Waals surface area contributed by atoms with Crippen LogP contribution in [0.1, 0.15) is 92.0 Å². The molecule has 1 aliphatic rings. The molecule has 8 heteroatoms. The quantitative estimate of drug-likeness (QED) is 0.312. The predicted octanol–water partition coefficient (Wildman–Crippen LogP) is 7.91. The summed E-state index contributed by atoms with van der Waals surface area (Å²) in [6.07, 6.45) is -0.370. The van der Waals surface area contributed by atoms with Gasteiger partial charge >= 0.3 is 7.60 Å². The number of phenols is 1. The van der Waals surface area contributed by atoms with Crippen molar-refractivity contribution >= 4 is 13.3 Å². The second kappa shape index (κ2) is 11.9. The molecule has 1 saturated heterocycles. The third kappa shape index (κ3) is 7.65. The summed E-state index contributed by atoms with van der Waals surface area (Å²) in [7, 11) is -3.53. The maximum atomic E-state index is 14.0. The van der Waals surface area contributed by atoms with Crippen LogP contribution in [-0.2, 0) is 33.9 Å². The molecule has 0 amide bonds. The largest absolute Gasteiger partial charge is 0.507 e. The molecule has 0 spiro atoms. The first-order valence-corrected chi connectivity index (χ1v) is 15.6. The van der Waals surface area contributed by atoms with E-state index in [0.29, 0.717) is 6.61 Å². The van der Waals surface area contributed by atoms with Crippen molar-refractivity contribution in [1.29, 1.82) is 0 Å². The fraction of sp³-hybridized carbons (Fsp3) is 0.613. The van der Waals surface area contributed by atoms with E-state index in [2.05, 4.69) is 41.5 Å². The molecule has 1 N–H and O–H groups in total. The topological polar surface area (TPSA) is 77.5 Å². The molecule has 1 heterocycles. The Morgan fingerprint density at radius 2 is 1.49 bits per heavy atom. The maximum Gasteiger partial charge on any atom is 0.349 e. The molecule has 39 heavy (non-hydrogen) atoms. The lowest BCUT2D eigenvalue weighted by Gasteiger charge is -2.47. The minimum Gasteiger partial charge on any atom is -0.507 e. The van der Waals surface area contributed by atoms with Crippen LogP contribution in [0.4, 0.5) is 5.69 Å². The zero-order valence-corrected chi connectivity index (χ0v) is 26.3. The number of benzene rings is 2. The van der Waals surface area contributed by atoms with Crippen LogP contribution in [0.25, 0.3) is 0 Å². The minimum absolute atomic E-state index is 0.00771. The molecule has 0 saturated carbocycles. The van der Waals surface area contributed by atoms with Gasteiger partial charge in [0.25, 0.3) is 0 Å². The fourth-order valence-electron chi connectivity index (χ4n) is 4.98. The average molecular weight is 562 g/mol. The summed E-state index contributed by atoms with van der Waals surface area (Å²) in [6, 6.07) is 13.7. The molecule has 218 valence electrons. The molecular formula is C31H48NO6P. The number of nitrogens with zero attached hydrogens (tertiary/aromatic N) is 1. The van der Waals surface area contributed by atoms with Crippen LogP contribution >= 0.6 is 7.60 Å². The predicted molar refractivity (Wildman–Crippen MR) is 158 cm³/mol. The van der Waals surface area contributed by atoms with Crippen molar-refractivity contribution in [3.63, 3.8) is 0 Å². The van der Waals surface area contributed by atoms with Crippen LogP contribution < -0.4 is 4.90 Å². The highest BCUT2D eigenvalue weighted by molar-refractivity contribution is 7.54. The van der Waals surface area contributed by atoms with Gasteiger partial charge in [-0.3, -0.25) is 4.57 Å². The van der Waals surface area contributed by atoms with Gasteiger partial charge in [-0.05, 0) is 56.2 Å². The molecule has 0 radical (unpaired) electrons. The van der Waals surface area contributed by atoms with Crippen LogP contribution in [0.3, 0.4) is 0 Å². The number of phenolic OH excluding ortho intramolecular Hbond substituents is 1. The maximum absolute atomic E-state index is 14.0. The van der Waals surface area contributed by atoms with E-state index in [4.69, 9.17) is 18.5 Å². The molecule has 0 bridgehead atoms. The summed E-state index contributed by atoms with van der Waals surface area (Å²) in [4.78, 5) is 2.04. The summed E-state index contributed by atoms with van der Waals surface area (Å²) >= 11 is 0. The Morgan fingerprint density at radius 1 is 0.974 bits per heavy atom. The molecule has 1 fully saturated rings. The monoisotopic (exact) mass is 561 g/mol. The van der Waals surface area contributed by atoms with Crippen molar-refractivity contribution in [2.24, 2.45) is 0 Å². The van der Waals surface area contributed by atoms with Crippen LogP contribution in [0.5, 0.6) is 5.75 Å². The molecule has 7 nitrogen and oxygen atoms in total. The number of rotatable bonds is 9. The smallest absolute Gasteiger partial charge is 0.349 e. The highest BCUT2D eigenvalue weighted by Gasteiger charge is 2.43. The second-order valence-corrected chi connectivity index (χ2v) is 14.7. The van der Waals surface area contributed by atoms with E-state index >= 15 is 0 Å². The first-order chi connectivity index (χ1) is 18.0. The summed E-state index contributed by atoms with van der Waals surface area (Å²) in [6.45, 7) is 20.8. The number of hydrogen-bond acceptors (Lipinski definition) is 7. The summed E-state index contributed by atoms with van der Waals surface area (Å²) in [5.41, 5.74) is 2.75. The van der Waals surface area contributed by atoms with Gasteiger partial charge in [-0.1, -0.05) is 71.9 Å². The first kappa shape index (κ1) is 31.6. The summed E-state index contributed by atoms with van der Waals surface area (Å²) in [5.74, 6) is -0.512. The molecule has 0 aliphatic carbocycles. The van der Waals surface area contributed by atoms with E-state index < -0.39 is 13.4 Å². The van der Waals surface area contributed by atoms with Crippen molar-refractivity contribution in [3.05, 3.63) is 59.2 Å². The molecular weight excluding hydrogens is 513 g/mol. The van der Waals surface area contributed by atoms with E-state index in [9.17, 15) is 9.67 Å². The van der Waals surface area contributed by atoms with Gasteiger partial charge in [0.15, 0.2) is 5.79 Å². The Hall–Kier alpha value is -1.89. The van der Waals surface area contributed by atoms with Gasteiger partial charge in [-0.2, -0.15) is 0 Å². The zero-order valence-electron chi connectivity index (χ0n) is 25.4. The average Bonchev–Trinajstić information content (AvgIpc) is 2.82. The van der Waals surface area contributed by atoms with Crippen LogP contribution in [0.2, 0.25) is 0 Å². The SMILES string of the molecule is CCOP(=O)(CN(c1cc(C(C)(C)C)c(O)c(C(C)(C)C)c1)C1COC(C)(C)OC1c1ccccc1)OCC. The third-order valence-corrected chi connectivity index (χ3v) is 8.86. The summed E-state index contributed by atoms with van der Waals surface area (Å²) < 4.78 is 38.3. The zero-order chi connectivity index (χ0) is 29.2. The van der Waals surface area contributed by atoms with Gasteiger partial charge in [0.1, 0.15) is 18.1 Å². The minimum atomic E-state index is -3.53. The molecule has 2 atom stereocenters. The van der Waals surface area contributed by atoms with Crippen LogP contribution in [-0.4, -0.2) is 43.0 Å². The van der Waals surface area contributed by atoms with Gasteiger partial charge in [-0.25, -0.2) is 0 Å².